The quantitative estimate of drug-likeness (QED) is 0.793. The Labute approximate surface area is 115 Å². The summed E-state index contributed by atoms with van der Waals surface area (Å²) in [5.74, 6) is 1.03. The van der Waals surface area contributed by atoms with E-state index in [1.54, 1.807) is 0 Å². The third-order valence-electron chi connectivity index (χ3n) is 4.70. The van der Waals surface area contributed by atoms with Gasteiger partial charge in [-0.15, -0.1) is 0 Å². The van der Waals surface area contributed by atoms with Crippen LogP contribution in [0.5, 0.6) is 0 Å². The van der Waals surface area contributed by atoms with Crippen molar-refractivity contribution < 1.29 is 0 Å². The molecule has 0 aliphatic heterocycles. The molecule has 2 fully saturated rings. The average Bonchev–Trinajstić information content (AvgIpc) is 3.24. The summed E-state index contributed by atoms with van der Waals surface area (Å²) >= 11 is 6.08. The lowest BCUT2D eigenvalue weighted by Gasteiger charge is -2.22. The summed E-state index contributed by atoms with van der Waals surface area (Å²) in [6, 6.07) is 8.74. The Kier molecular flexibility index (Phi) is 3.38. The van der Waals surface area contributed by atoms with Crippen molar-refractivity contribution in [1.82, 2.24) is 5.32 Å². The Morgan fingerprint density at radius 2 is 2.17 bits per heavy atom. The van der Waals surface area contributed by atoms with Crippen LogP contribution in [0.1, 0.15) is 50.6 Å². The molecule has 98 valence electrons. The van der Waals surface area contributed by atoms with Crippen LogP contribution in [0.15, 0.2) is 24.3 Å². The molecule has 2 saturated carbocycles. The molecule has 0 spiro atoms. The largest absolute Gasteiger partial charge is 0.309 e. The van der Waals surface area contributed by atoms with Crippen LogP contribution in [0.3, 0.4) is 0 Å². The van der Waals surface area contributed by atoms with Gasteiger partial charge in [-0.2, -0.15) is 0 Å². The van der Waals surface area contributed by atoms with Crippen LogP contribution in [0.25, 0.3) is 0 Å². The first-order valence-electron chi connectivity index (χ1n) is 7.22. The lowest BCUT2D eigenvalue weighted by molar-refractivity contribution is 0.370. The van der Waals surface area contributed by atoms with Crippen LogP contribution in [0.4, 0.5) is 0 Å². The molecule has 1 N–H and O–H groups in total. The van der Waals surface area contributed by atoms with Crippen molar-refractivity contribution in [2.24, 2.45) is 11.3 Å². The van der Waals surface area contributed by atoms with Crippen molar-refractivity contribution in [3.8, 4) is 0 Å². The van der Waals surface area contributed by atoms with Gasteiger partial charge in [0.05, 0.1) is 0 Å². The molecule has 0 bridgehead atoms. The normalized spacial score (nSPS) is 22.8. The van der Waals surface area contributed by atoms with E-state index in [9.17, 15) is 0 Å². The van der Waals surface area contributed by atoms with E-state index in [4.69, 9.17) is 11.6 Å². The zero-order chi connectivity index (χ0) is 12.6. The van der Waals surface area contributed by atoms with E-state index in [1.165, 1.54) is 37.8 Å². The molecule has 1 atom stereocenters. The van der Waals surface area contributed by atoms with E-state index in [2.05, 4.69) is 30.4 Å². The highest BCUT2D eigenvalue weighted by Gasteiger charge is 2.53. The fourth-order valence-electron chi connectivity index (χ4n) is 3.13. The zero-order valence-electron chi connectivity index (χ0n) is 11.1. The minimum atomic E-state index is 0.458. The molecule has 2 heteroatoms. The lowest BCUT2D eigenvalue weighted by Crippen LogP contribution is -2.29. The second-order valence-electron chi connectivity index (χ2n) is 6.03. The second kappa shape index (κ2) is 4.86. The monoisotopic (exact) mass is 263 g/mol. The van der Waals surface area contributed by atoms with E-state index in [0.717, 1.165) is 17.4 Å². The van der Waals surface area contributed by atoms with Crippen molar-refractivity contribution in [2.45, 2.75) is 45.1 Å². The van der Waals surface area contributed by atoms with Gasteiger partial charge in [0, 0.05) is 17.6 Å². The Balaban J connectivity index is 1.62. The van der Waals surface area contributed by atoms with Gasteiger partial charge in [0.1, 0.15) is 0 Å². The van der Waals surface area contributed by atoms with Gasteiger partial charge in [-0.3, -0.25) is 0 Å². The van der Waals surface area contributed by atoms with Crippen molar-refractivity contribution in [2.75, 3.05) is 6.54 Å². The molecule has 18 heavy (non-hydrogen) atoms. The maximum absolute atomic E-state index is 6.08. The fraction of sp³-hybridized carbons (Fsp3) is 0.625. The molecule has 1 unspecified atom stereocenters. The summed E-state index contributed by atoms with van der Waals surface area (Å²) in [4.78, 5) is 0. The fourth-order valence-corrected chi connectivity index (χ4v) is 3.33. The van der Waals surface area contributed by atoms with Gasteiger partial charge in [-0.05, 0) is 61.1 Å². The highest BCUT2D eigenvalue weighted by molar-refractivity contribution is 6.30. The molecule has 0 amide bonds. The number of halogens is 1. The van der Waals surface area contributed by atoms with Crippen molar-refractivity contribution in [3.63, 3.8) is 0 Å². The first-order chi connectivity index (χ1) is 8.73. The number of benzene rings is 1. The zero-order valence-corrected chi connectivity index (χ0v) is 11.8. The molecule has 0 radical (unpaired) electrons. The van der Waals surface area contributed by atoms with Crippen LogP contribution in [-0.2, 0) is 0 Å². The number of hydrogen-bond acceptors (Lipinski definition) is 1. The average molecular weight is 264 g/mol. The summed E-state index contributed by atoms with van der Waals surface area (Å²) in [5.41, 5.74) is 2.00. The van der Waals surface area contributed by atoms with Crippen molar-refractivity contribution >= 4 is 11.6 Å². The Bertz CT molecular complexity index is 421. The van der Waals surface area contributed by atoms with E-state index in [1.807, 2.05) is 6.07 Å². The van der Waals surface area contributed by atoms with Gasteiger partial charge in [0.15, 0.2) is 0 Å². The highest BCUT2D eigenvalue weighted by atomic mass is 35.5. The molecule has 0 aromatic heterocycles. The summed E-state index contributed by atoms with van der Waals surface area (Å²) in [5, 5.41) is 4.62. The topological polar surface area (TPSA) is 12.0 Å². The molecule has 0 heterocycles. The smallest absolute Gasteiger partial charge is 0.0409 e. The van der Waals surface area contributed by atoms with Gasteiger partial charge in [-0.25, -0.2) is 0 Å². The predicted molar refractivity (Wildman–Crippen MR) is 76.9 cm³/mol. The molecular weight excluding hydrogens is 242 g/mol. The van der Waals surface area contributed by atoms with Crippen LogP contribution in [0, 0.1) is 11.3 Å². The second-order valence-corrected chi connectivity index (χ2v) is 6.47. The van der Waals surface area contributed by atoms with Crippen molar-refractivity contribution in [3.05, 3.63) is 34.9 Å². The van der Waals surface area contributed by atoms with Gasteiger partial charge in [-0.1, -0.05) is 30.7 Å². The predicted octanol–water partition coefficient (Wildman–Crippen LogP) is 4.57. The number of hydrogen-bond donors (Lipinski definition) is 1. The Morgan fingerprint density at radius 3 is 2.72 bits per heavy atom. The molecule has 1 aromatic carbocycles. The minimum absolute atomic E-state index is 0.458. The van der Waals surface area contributed by atoms with Gasteiger partial charge in [0.25, 0.3) is 0 Å². The molecular formula is C16H22ClN. The summed E-state index contributed by atoms with van der Waals surface area (Å²) < 4.78 is 0. The van der Waals surface area contributed by atoms with Gasteiger partial charge >= 0.3 is 0 Å². The third-order valence-corrected chi connectivity index (χ3v) is 4.93. The van der Waals surface area contributed by atoms with E-state index < -0.39 is 0 Å². The first kappa shape index (κ1) is 12.5. The molecule has 1 nitrogen and oxygen atoms in total. The third kappa shape index (κ3) is 2.57. The number of rotatable bonds is 6. The minimum Gasteiger partial charge on any atom is -0.309 e. The number of nitrogens with one attached hydrogen (secondary N) is 1. The van der Waals surface area contributed by atoms with Gasteiger partial charge < -0.3 is 5.32 Å². The summed E-state index contributed by atoms with van der Waals surface area (Å²) in [6.45, 7) is 3.44. The van der Waals surface area contributed by atoms with Crippen LogP contribution in [-0.4, -0.2) is 6.54 Å². The lowest BCUT2D eigenvalue weighted by atomic mass is 9.98. The van der Waals surface area contributed by atoms with Crippen molar-refractivity contribution in [1.29, 1.82) is 0 Å². The molecule has 2 aliphatic rings. The van der Waals surface area contributed by atoms with Gasteiger partial charge in [0.2, 0.25) is 0 Å². The maximum atomic E-state index is 6.08. The molecule has 3 rings (SSSR count). The maximum Gasteiger partial charge on any atom is 0.0409 e. The van der Waals surface area contributed by atoms with Crippen LogP contribution in [0.2, 0.25) is 5.02 Å². The van der Waals surface area contributed by atoms with E-state index in [-0.39, 0.29) is 0 Å². The molecule has 2 aliphatic carbocycles. The SMILES string of the molecule is CCC(NCC1(C2CC2)CC1)c1cccc(Cl)c1. The van der Waals surface area contributed by atoms with E-state index >= 15 is 0 Å². The molecule has 0 saturated heterocycles. The van der Waals surface area contributed by atoms with Crippen LogP contribution >= 0.6 is 11.6 Å². The Hall–Kier alpha value is -0.530. The highest BCUT2D eigenvalue weighted by Crippen LogP contribution is 2.61. The van der Waals surface area contributed by atoms with Crippen LogP contribution < -0.4 is 5.32 Å². The summed E-state index contributed by atoms with van der Waals surface area (Å²) in [7, 11) is 0. The Morgan fingerprint density at radius 1 is 1.39 bits per heavy atom. The van der Waals surface area contributed by atoms with E-state index in [0.29, 0.717) is 11.5 Å². The summed E-state index contributed by atoms with van der Waals surface area (Å²) in [6.07, 6.45) is 6.94. The standard InChI is InChI=1S/C16H22ClN/c1-2-15(12-4-3-5-14(17)10-12)18-11-16(8-9-16)13-6-7-13/h3-5,10,13,15,18H,2,6-9,11H2,1H3. The molecule has 1 aromatic rings. The first-order valence-corrected chi connectivity index (χ1v) is 7.60.